The highest BCUT2D eigenvalue weighted by molar-refractivity contribution is 5.86. The lowest BCUT2D eigenvalue weighted by Gasteiger charge is -2.04. The Balaban J connectivity index is 0. The summed E-state index contributed by atoms with van der Waals surface area (Å²) in [6.07, 6.45) is 20.4. The second-order valence-electron chi connectivity index (χ2n) is 8.14. The molecule has 0 radical (unpaired) electrons. The summed E-state index contributed by atoms with van der Waals surface area (Å²) in [5.74, 6) is -1.06. The normalized spacial score (nSPS) is 10.9. The van der Waals surface area contributed by atoms with Gasteiger partial charge in [0.15, 0.2) is 0 Å². The SMILES string of the molecule is C=C(C)C(=O)OCCCCCCCCC.CCCCCCCCCC=C(C)C(=O)O. The number of carboxylic acids is 1. The van der Waals surface area contributed by atoms with Crippen LogP contribution in [0.15, 0.2) is 23.8 Å². The summed E-state index contributed by atoms with van der Waals surface area (Å²) in [5.41, 5.74) is 0.957. The van der Waals surface area contributed by atoms with E-state index in [1.807, 2.05) is 6.08 Å². The Kier molecular flexibility index (Phi) is 24.2. The van der Waals surface area contributed by atoms with E-state index in [2.05, 4.69) is 20.4 Å². The molecule has 0 fully saturated rings. The Morgan fingerprint density at radius 2 is 1.20 bits per heavy atom. The predicted octanol–water partition coefficient (Wildman–Crippen LogP) is 8.01. The molecule has 0 amide bonds. The van der Waals surface area contributed by atoms with Gasteiger partial charge in [-0.15, -0.1) is 0 Å². The fourth-order valence-corrected chi connectivity index (χ4v) is 2.85. The molecule has 30 heavy (non-hydrogen) atoms. The first-order valence-electron chi connectivity index (χ1n) is 12.1. The van der Waals surface area contributed by atoms with Gasteiger partial charge in [0.2, 0.25) is 0 Å². The van der Waals surface area contributed by atoms with Crippen LogP contribution in [-0.4, -0.2) is 23.7 Å². The molecule has 0 aromatic carbocycles. The minimum absolute atomic E-state index is 0.263. The van der Waals surface area contributed by atoms with Crippen molar-refractivity contribution in [1.82, 2.24) is 0 Å². The van der Waals surface area contributed by atoms with E-state index < -0.39 is 5.97 Å². The maximum absolute atomic E-state index is 11.0. The van der Waals surface area contributed by atoms with Crippen molar-refractivity contribution in [2.45, 2.75) is 124 Å². The average molecular weight is 425 g/mol. The van der Waals surface area contributed by atoms with Crippen LogP contribution in [0.3, 0.4) is 0 Å². The van der Waals surface area contributed by atoms with Crippen molar-refractivity contribution in [3.05, 3.63) is 23.8 Å². The second-order valence-corrected chi connectivity index (χ2v) is 8.14. The van der Waals surface area contributed by atoms with Gasteiger partial charge in [-0.05, 0) is 33.1 Å². The number of ether oxygens (including phenoxy) is 1. The largest absolute Gasteiger partial charge is 0.478 e. The summed E-state index contributed by atoms with van der Waals surface area (Å²) < 4.78 is 4.99. The monoisotopic (exact) mass is 424 g/mol. The van der Waals surface area contributed by atoms with E-state index in [1.165, 1.54) is 70.6 Å². The van der Waals surface area contributed by atoms with Crippen LogP contribution < -0.4 is 0 Å². The second kappa shape index (κ2) is 23.7. The third-order valence-corrected chi connectivity index (χ3v) is 4.93. The summed E-state index contributed by atoms with van der Waals surface area (Å²) in [5, 5.41) is 8.61. The van der Waals surface area contributed by atoms with E-state index in [0.717, 1.165) is 25.7 Å². The summed E-state index contributed by atoms with van der Waals surface area (Å²) >= 11 is 0. The first-order valence-corrected chi connectivity index (χ1v) is 12.1. The van der Waals surface area contributed by atoms with Gasteiger partial charge in [-0.3, -0.25) is 0 Å². The van der Waals surface area contributed by atoms with Crippen LogP contribution in [0.25, 0.3) is 0 Å². The predicted molar refractivity (Wildman–Crippen MR) is 128 cm³/mol. The Labute approximate surface area is 186 Å². The zero-order valence-corrected chi connectivity index (χ0v) is 20.3. The average Bonchev–Trinajstić information content (AvgIpc) is 2.71. The molecule has 0 saturated heterocycles. The van der Waals surface area contributed by atoms with E-state index in [4.69, 9.17) is 9.84 Å². The Morgan fingerprint density at radius 1 is 0.767 bits per heavy atom. The zero-order chi connectivity index (χ0) is 23.0. The Hall–Kier alpha value is -1.58. The number of carbonyl (C=O) groups is 2. The fourth-order valence-electron chi connectivity index (χ4n) is 2.85. The van der Waals surface area contributed by atoms with Crippen LogP contribution in [0, 0.1) is 0 Å². The molecule has 0 aromatic rings. The van der Waals surface area contributed by atoms with E-state index in [0.29, 0.717) is 17.8 Å². The van der Waals surface area contributed by atoms with Gasteiger partial charge >= 0.3 is 11.9 Å². The third-order valence-electron chi connectivity index (χ3n) is 4.93. The molecule has 0 atom stereocenters. The minimum atomic E-state index is -0.794. The van der Waals surface area contributed by atoms with E-state index in [9.17, 15) is 9.59 Å². The molecule has 0 aliphatic carbocycles. The molecule has 0 aromatic heterocycles. The molecular formula is C26H48O4. The molecular weight excluding hydrogens is 376 g/mol. The summed E-state index contributed by atoms with van der Waals surface area (Å²) in [6, 6.07) is 0. The highest BCUT2D eigenvalue weighted by Gasteiger charge is 2.01. The van der Waals surface area contributed by atoms with Crippen molar-refractivity contribution >= 4 is 11.9 Å². The van der Waals surface area contributed by atoms with Crippen LogP contribution in [0.4, 0.5) is 0 Å². The number of rotatable bonds is 18. The van der Waals surface area contributed by atoms with E-state index >= 15 is 0 Å². The highest BCUT2D eigenvalue weighted by atomic mass is 16.5. The first-order chi connectivity index (χ1) is 14.4. The van der Waals surface area contributed by atoms with Crippen molar-refractivity contribution in [1.29, 1.82) is 0 Å². The van der Waals surface area contributed by atoms with Gasteiger partial charge in [-0.2, -0.15) is 0 Å². The van der Waals surface area contributed by atoms with Gasteiger partial charge in [0.05, 0.1) is 6.61 Å². The summed E-state index contributed by atoms with van der Waals surface area (Å²) in [7, 11) is 0. The Bertz CT molecular complexity index is 466. The smallest absolute Gasteiger partial charge is 0.333 e. The molecule has 0 spiro atoms. The Morgan fingerprint density at radius 3 is 1.63 bits per heavy atom. The molecule has 0 saturated carbocycles. The molecule has 0 aliphatic heterocycles. The van der Waals surface area contributed by atoms with Gasteiger partial charge in [-0.1, -0.05) is 104 Å². The van der Waals surface area contributed by atoms with Crippen molar-refractivity contribution in [3.8, 4) is 0 Å². The van der Waals surface area contributed by atoms with Gasteiger partial charge in [0, 0.05) is 11.1 Å². The molecule has 0 unspecified atom stereocenters. The van der Waals surface area contributed by atoms with Gasteiger partial charge in [0.1, 0.15) is 0 Å². The quantitative estimate of drug-likeness (QED) is 0.137. The molecule has 1 N–H and O–H groups in total. The molecule has 0 bridgehead atoms. The third kappa shape index (κ3) is 24.5. The number of aliphatic carboxylic acids is 1. The van der Waals surface area contributed by atoms with Crippen molar-refractivity contribution in [3.63, 3.8) is 0 Å². The van der Waals surface area contributed by atoms with Crippen LogP contribution in [-0.2, 0) is 14.3 Å². The molecule has 176 valence electrons. The van der Waals surface area contributed by atoms with E-state index in [1.54, 1.807) is 13.8 Å². The lowest BCUT2D eigenvalue weighted by Crippen LogP contribution is -2.05. The van der Waals surface area contributed by atoms with E-state index in [-0.39, 0.29) is 5.97 Å². The van der Waals surface area contributed by atoms with Crippen LogP contribution in [0.1, 0.15) is 124 Å². The molecule has 0 rings (SSSR count). The van der Waals surface area contributed by atoms with Crippen LogP contribution >= 0.6 is 0 Å². The number of hydrogen-bond acceptors (Lipinski definition) is 3. The first kappa shape index (κ1) is 30.6. The summed E-state index contributed by atoms with van der Waals surface area (Å²) in [6.45, 7) is 11.8. The van der Waals surface area contributed by atoms with Crippen molar-refractivity contribution in [2.24, 2.45) is 0 Å². The zero-order valence-electron chi connectivity index (χ0n) is 20.3. The summed E-state index contributed by atoms with van der Waals surface area (Å²) in [4.78, 5) is 21.5. The molecule has 0 aliphatic rings. The maximum atomic E-state index is 11.0. The number of esters is 1. The number of carbonyl (C=O) groups excluding carboxylic acids is 1. The van der Waals surface area contributed by atoms with Crippen LogP contribution in [0.5, 0.6) is 0 Å². The maximum Gasteiger partial charge on any atom is 0.333 e. The van der Waals surface area contributed by atoms with Crippen LogP contribution in [0.2, 0.25) is 0 Å². The number of allylic oxidation sites excluding steroid dienone is 1. The van der Waals surface area contributed by atoms with Crippen molar-refractivity contribution < 1.29 is 19.4 Å². The van der Waals surface area contributed by atoms with Gasteiger partial charge in [-0.25, -0.2) is 9.59 Å². The van der Waals surface area contributed by atoms with Gasteiger partial charge < -0.3 is 9.84 Å². The molecule has 4 heteroatoms. The number of unbranched alkanes of at least 4 members (excludes halogenated alkanes) is 13. The number of hydrogen-bond donors (Lipinski definition) is 1. The lowest BCUT2D eigenvalue weighted by atomic mass is 10.1. The topological polar surface area (TPSA) is 63.6 Å². The molecule has 4 nitrogen and oxygen atoms in total. The van der Waals surface area contributed by atoms with Gasteiger partial charge in [0.25, 0.3) is 0 Å². The standard InChI is InChI=1S/2C13H24O2/c1-4-5-6-7-8-9-10-11-15-13(14)12(2)3;1-3-4-5-6-7-8-9-10-11-12(2)13(14)15/h2,4-11H2,1,3H3;11H,3-10H2,1-2H3,(H,14,15). The number of carboxylic acid groups (broad SMARTS) is 1. The molecule has 0 heterocycles. The lowest BCUT2D eigenvalue weighted by molar-refractivity contribution is -0.139. The van der Waals surface area contributed by atoms with Crippen molar-refractivity contribution in [2.75, 3.05) is 6.61 Å². The minimum Gasteiger partial charge on any atom is -0.478 e. The highest BCUT2D eigenvalue weighted by Crippen LogP contribution is 2.09. The fraction of sp³-hybridized carbons (Fsp3) is 0.769.